The first kappa shape index (κ1) is 19.3. The van der Waals surface area contributed by atoms with Gasteiger partial charge < -0.3 is 14.3 Å². The molecule has 1 atom stereocenters. The number of amides is 1. The van der Waals surface area contributed by atoms with Crippen LogP contribution < -0.4 is 0 Å². The van der Waals surface area contributed by atoms with Gasteiger partial charge in [0.2, 0.25) is 0 Å². The van der Waals surface area contributed by atoms with Crippen LogP contribution in [0.4, 0.5) is 4.39 Å². The SMILES string of the molecule is Cc1c(-c2nnc(C(=O)N3CCc4[nH]cnc4C3c3cc4c(F)cccn4n3)o2)cnn1C. The van der Waals surface area contributed by atoms with Crippen molar-refractivity contribution in [3.8, 4) is 11.5 Å². The Morgan fingerprint density at radius 1 is 1.33 bits per heavy atom. The number of H-pyrrole nitrogens is 1. The van der Waals surface area contributed by atoms with Crippen LogP contribution in [0.5, 0.6) is 0 Å². The number of aryl methyl sites for hydroxylation is 1. The Hall–Kier alpha value is -4.35. The van der Waals surface area contributed by atoms with Crippen LogP contribution in [-0.2, 0) is 13.5 Å². The van der Waals surface area contributed by atoms with Gasteiger partial charge in [-0.2, -0.15) is 10.2 Å². The number of hydrogen-bond donors (Lipinski definition) is 1. The molecule has 0 spiro atoms. The third-order valence-electron chi connectivity index (χ3n) is 6.01. The van der Waals surface area contributed by atoms with Crippen LogP contribution in [0.25, 0.3) is 17.0 Å². The molecule has 6 rings (SSSR count). The van der Waals surface area contributed by atoms with Gasteiger partial charge >= 0.3 is 11.8 Å². The predicted octanol–water partition coefficient (Wildman–Crippen LogP) is 2.08. The van der Waals surface area contributed by atoms with Crippen molar-refractivity contribution in [2.75, 3.05) is 6.54 Å². The van der Waals surface area contributed by atoms with Gasteiger partial charge in [-0.25, -0.2) is 13.9 Å². The lowest BCUT2D eigenvalue weighted by atomic mass is 9.99. The summed E-state index contributed by atoms with van der Waals surface area (Å²) in [6.45, 7) is 2.25. The molecule has 0 aliphatic carbocycles. The molecule has 0 aromatic carbocycles. The summed E-state index contributed by atoms with van der Waals surface area (Å²) in [6, 6.07) is 3.93. The van der Waals surface area contributed by atoms with Crippen LogP contribution in [0, 0.1) is 12.7 Å². The summed E-state index contributed by atoms with van der Waals surface area (Å²) in [6.07, 6.45) is 5.42. The van der Waals surface area contributed by atoms with E-state index >= 15 is 0 Å². The minimum Gasteiger partial charge on any atom is -0.412 e. The summed E-state index contributed by atoms with van der Waals surface area (Å²) in [5, 5.41) is 16.7. The number of nitrogens with one attached hydrogen (secondary N) is 1. The van der Waals surface area contributed by atoms with Gasteiger partial charge in [-0.1, -0.05) is 0 Å². The largest absolute Gasteiger partial charge is 0.412 e. The first-order valence-electron chi connectivity index (χ1n) is 10.3. The van der Waals surface area contributed by atoms with Gasteiger partial charge in [-0.15, -0.1) is 10.2 Å². The highest BCUT2D eigenvalue weighted by Crippen LogP contribution is 2.34. The molecule has 0 bridgehead atoms. The second-order valence-corrected chi connectivity index (χ2v) is 7.85. The van der Waals surface area contributed by atoms with Crippen molar-refractivity contribution in [3.63, 3.8) is 0 Å². The molecular weight excluding hydrogens is 429 g/mol. The van der Waals surface area contributed by atoms with E-state index in [1.165, 1.54) is 10.6 Å². The van der Waals surface area contributed by atoms with Crippen molar-refractivity contribution in [3.05, 3.63) is 71.4 Å². The van der Waals surface area contributed by atoms with Gasteiger partial charge in [0.15, 0.2) is 0 Å². The quantitative estimate of drug-likeness (QED) is 0.449. The van der Waals surface area contributed by atoms with Crippen LogP contribution in [0.1, 0.15) is 39.5 Å². The molecule has 0 saturated heterocycles. The number of pyridine rings is 1. The number of aromatic amines is 1. The van der Waals surface area contributed by atoms with Crippen LogP contribution in [-0.4, -0.2) is 56.9 Å². The Kier molecular flexibility index (Phi) is 4.15. The Labute approximate surface area is 185 Å². The fraction of sp³-hybridized carbons (Fsp3) is 0.238. The van der Waals surface area contributed by atoms with E-state index in [1.54, 1.807) is 47.5 Å². The molecule has 5 aromatic heterocycles. The fourth-order valence-electron chi connectivity index (χ4n) is 4.18. The van der Waals surface area contributed by atoms with E-state index in [4.69, 9.17) is 4.42 Å². The van der Waals surface area contributed by atoms with Crippen LogP contribution in [0.15, 0.2) is 41.3 Å². The van der Waals surface area contributed by atoms with Gasteiger partial charge in [0.25, 0.3) is 5.89 Å². The minimum atomic E-state index is -0.637. The Morgan fingerprint density at radius 2 is 2.21 bits per heavy atom. The number of hydrogen-bond acceptors (Lipinski definition) is 7. The molecule has 0 saturated carbocycles. The molecular formula is C21H18FN9O2. The lowest BCUT2D eigenvalue weighted by Gasteiger charge is -2.32. The number of imidazole rings is 1. The molecule has 12 heteroatoms. The summed E-state index contributed by atoms with van der Waals surface area (Å²) in [4.78, 5) is 22.6. The standard InChI is InChI=1S/C21H18FN9O2/c1-11-12(9-25-29(11)2)19-26-27-20(33-19)21(32)30-7-5-14-17(24-10-23-14)18(30)15-8-16-13(22)4-3-6-31(16)28-15/h3-4,6,8-10,18H,5,7H2,1-2H3,(H,23,24). The molecule has 11 nitrogen and oxygen atoms in total. The molecule has 1 unspecified atom stereocenters. The molecule has 1 aliphatic rings. The van der Waals surface area contributed by atoms with Gasteiger partial charge in [-0.05, 0) is 25.1 Å². The summed E-state index contributed by atoms with van der Waals surface area (Å²) in [5.41, 5.74) is 3.85. The molecule has 33 heavy (non-hydrogen) atoms. The number of carbonyl (C=O) groups excluding carboxylic acids is 1. The van der Waals surface area contributed by atoms with E-state index in [1.807, 2.05) is 6.92 Å². The monoisotopic (exact) mass is 447 g/mol. The van der Waals surface area contributed by atoms with E-state index < -0.39 is 17.8 Å². The maximum atomic E-state index is 14.3. The van der Waals surface area contributed by atoms with Crippen molar-refractivity contribution in [1.29, 1.82) is 0 Å². The van der Waals surface area contributed by atoms with Gasteiger partial charge in [0, 0.05) is 37.6 Å². The van der Waals surface area contributed by atoms with E-state index in [0.29, 0.717) is 35.4 Å². The predicted molar refractivity (Wildman–Crippen MR) is 112 cm³/mol. The summed E-state index contributed by atoms with van der Waals surface area (Å²) in [5.74, 6) is -0.785. The zero-order valence-corrected chi connectivity index (χ0v) is 17.7. The van der Waals surface area contributed by atoms with Gasteiger partial charge in [-0.3, -0.25) is 9.48 Å². The van der Waals surface area contributed by atoms with Crippen molar-refractivity contribution in [2.24, 2.45) is 7.05 Å². The molecule has 1 N–H and O–H groups in total. The number of carbonyl (C=O) groups is 1. The van der Waals surface area contributed by atoms with Crippen molar-refractivity contribution in [1.82, 2.24) is 44.5 Å². The maximum absolute atomic E-state index is 14.3. The summed E-state index contributed by atoms with van der Waals surface area (Å²) in [7, 11) is 1.80. The number of nitrogens with zero attached hydrogens (tertiary/aromatic N) is 8. The van der Waals surface area contributed by atoms with Crippen LogP contribution in [0.2, 0.25) is 0 Å². The van der Waals surface area contributed by atoms with Gasteiger partial charge in [0.1, 0.15) is 17.4 Å². The molecule has 6 heterocycles. The molecule has 0 radical (unpaired) electrons. The summed E-state index contributed by atoms with van der Waals surface area (Å²) >= 11 is 0. The third-order valence-corrected chi connectivity index (χ3v) is 6.01. The smallest absolute Gasteiger partial charge is 0.312 e. The topological polar surface area (TPSA) is 123 Å². The molecule has 0 fully saturated rings. The van der Waals surface area contributed by atoms with E-state index in [2.05, 4.69) is 30.4 Å². The first-order chi connectivity index (χ1) is 16.0. The molecule has 5 aromatic rings. The Balaban J connectivity index is 1.41. The van der Waals surface area contributed by atoms with Crippen LogP contribution >= 0.6 is 0 Å². The second kappa shape index (κ2) is 7.08. The third kappa shape index (κ3) is 2.94. The average molecular weight is 447 g/mol. The van der Waals surface area contributed by atoms with Gasteiger partial charge in [0.05, 0.1) is 29.5 Å². The minimum absolute atomic E-state index is 0.146. The highest BCUT2D eigenvalue weighted by Gasteiger charge is 2.38. The Bertz CT molecular complexity index is 1510. The first-order valence-corrected chi connectivity index (χ1v) is 10.3. The van der Waals surface area contributed by atoms with E-state index in [-0.39, 0.29) is 11.8 Å². The van der Waals surface area contributed by atoms with Crippen molar-refractivity contribution >= 4 is 11.4 Å². The number of fused-ring (bicyclic) bond motifs is 2. The normalized spacial score (nSPS) is 15.8. The lowest BCUT2D eigenvalue weighted by Crippen LogP contribution is -2.41. The number of aromatic nitrogens is 8. The fourth-order valence-corrected chi connectivity index (χ4v) is 4.18. The highest BCUT2D eigenvalue weighted by molar-refractivity contribution is 5.90. The van der Waals surface area contributed by atoms with Crippen molar-refractivity contribution < 1.29 is 13.6 Å². The van der Waals surface area contributed by atoms with E-state index in [9.17, 15) is 9.18 Å². The molecule has 166 valence electrons. The lowest BCUT2D eigenvalue weighted by molar-refractivity contribution is 0.0646. The zero-order chi connectivity index (χ0) is 22.7. The number of halogens is 1. The maximum Gasteiger partial charge on any atom is 0.312 e. The highest BCUT2D eigenvalue weighted by atomic mass is 19.1. The zero-order valence-electron chi connectivity index (χ0n) is 17.7. The molecule has 1 aliphatic heterocycles. The number of rotatable bonds is 3. The summed E-state index contributed by atoms with van der Waals surface area (Å²) < 4.78 is 23.2. The van der Waals surface area contributed by atoms with Crippen molar-refractivity contribution in [2.45, 2.75) is 19.4 Å². The van der Waals surface area contributed by atoms with Crippen LogP contribution in [0.3, 0.4) is 0 Å². The average Bonchev–Trinajstić information content (AvgIpc) is 3.60. The molecule has 1 amide bonds. The Morgan fingerprint density at radius 3 is 3.00 bits per heavy atom. The second-order valence-electron chi connectivity index (χ2n) is 7.85. The van der Waals surface area contributed by atoms with E-state index in [0.717, 1.165) is 11.4 Å².